The minimum atomic E-state index is -0.217. The quantitative estimate of drug-likeness (QED) is 0.894. The third-order valence-electron chi connectivity index (χ3n) is 4.38. The number of pyridine rings is 1. The van der Waals surface area contributed by atoms with Crippen LogP contribution >= 0.6 is 0 Å². The van der Waals surface area contributed by atoms with Gasteiger partial charge in [-0.25, -0.2) is 0 Å². The number of nitrogens with zero attached hydrogens (tertiary/aromatic N) is 1. The summed E-state index contributed by atoms with van der Waals surface area (Å²) in [5.74, 6) is 0.682. The molecule has 1 fully saturated rings. The molecule has 1 aliphatic rings. The highest BCUT2D eigenvalue weighted by Gasteiger charge is 2.41. The molecular formula is C15H24N2O. The van der Waals surface area contributed by atoms with Crippen LogP contribution in [-0.4, -0.2) is 17.7 Å². The minimum absolute atomic E-state index is 0.0843. The zero-order valence-electron chi connectivity index (χ0n) is 11.6. The molecule has 0 radical (unpaired) electrons. The lowest BCUT2D eigenvalue weighted by Gasteiger charge is -2.43. The smallest absolute Gasteiger partial charge is 0.0873 e. The maximum Gasteiger partial charge on any atom is 0.0873 e. The van der Waals surface area contributed by atoms with Gasteiger partial charge in [0.15, 0.2) is 0 Å². The van der Waals surface area contributed by atoms with E-state index in [-0.39, 0.29) is 11.6 Å². The molecule has 0 spiro atoms. The molecule has 3 unspecified atom stereocenters. The van der Waals surface area contributed by atoms with Crippen molar-refractivity contribution in [2.75, 3.05) is 7.11 Å². The summed E-state index contributed by atoms with van der Waals surface area (Å²) in [7, 11) is 1.80. The van der Waals surface area contributed by atoms with Gasteiger partial charge in [-0.1, -0.05) is 19.8 Å². The summed E-state index contributed by atoms with van der Waals surface area (Å²) < 4.78 is 5.87. The standard InChI is InChI=1S/C15H24N2O/c1-11-5-4-7-15(9-11,18-3)14(16)13-10-17-8-6-12(13)2/h6,8,10-11,14H,4-5,7,9,16H2,1-3H3. The summed E-state index contributed by atoms with van der Waals surface area (Å²) in [4.78, 5) is 4.21. The predicted octanol–water partition coefficient (Wildman–Crippen LogP) is 2.99. The molecule has 0 aliphatic heterocycles. The Kier molecular flexibility index (Phi) is 4.03. The van der Waals surface area contributed by atoms with Crippen LogP contribution in [0.5, 0.6) is 0 Å². The fourth-order valence-corrected chi connectivity index (χ4v) is 3.22. The molecule has 1 saturated carbocycles. The summed E-state index contributed by atoms with van der Waals surface area (Å²) in [5.41, 5.74) is 8.62. The Balaban J connectivity index is 2.30. The maximum atomic E-state index is 6.51. The lowest BCUT2D eigenvalue weighted by molar-refractivity contribution is -0.0720. The maximum absolute atomic E-state index is 6.51. The van der Waals surface area contributed by atoms with Gasteiger partial charge in [-0.15, -0.1) is 0 Å². The second-order valence-corrected chi connectivity index (χ2v) is 5.68. The van der Waals surface area contributed by atoms with E-state index in [1.165, 1.54) is 18.4 Å². The molecule has 100 valence electrons. The molecular weight excluding hydrogens is 224 g/mol. The molecule has 2 N–H and O–H groups in total. The van der Waals surface area contributed by atoms with Crippen molar-refractivity contribution in [1.29, 1.82) is 0 Å². The molecule has 0 amide bonds. The topological polar surface area (TPSA) is 48.1 Å². The van der Waals surface area contributed by atoms with Gasteiger partial charge >= 0.3 is 0 Å². The van der Waals surface area contributed by atoms with E-state index in [1.54, 1.807) is 7.11 Å². The monoisotopic (exact) mass is 248 g/mol. The highest BCUT2D eigenvalue weighted by molar-refractivity contribution is 5.27. The first-order valence-corrected chi connectivity index (χ1v) is 6.80. The molecule has 0 aromatic carbocycles. The lowest BCUT2D eigenvalue weighted by Crippen LogP contribution is -2.46. The van der Waals surface area contributed by atoms with Gasteiger partial charge in [0.2, 0.25) is 0 Å². The third kappa shape index (κ3) is 2.43. The number of aromatic nitrogens is 1. The Morgan fingerprint density at radius 3 is 2.94 bits per heavy atom. The molecule has 18 heavy (non-hydrogen) atoms. The summed E-state index contributed by atoms with van der Waals surface area (Å²) in [6.45, 7) is 4.38. The van der Waals surface area contributed by atoms with Crippen LogP contribution in [0.15, 0.2) is 18.5 Å². The van der Waals surface area contributed by atoms with E-state index in [0.29, 0.717) is 5.92 Å². The zero-order valence-corrected chi connectivity index (χ0v) is 11.6. The van der Waals surface area contributed by atoms with E-state index < -0.39 is 0 Å². The van der Waals surface area contributed by atoms with Gasteiger partial charge in [0.1, 0.15) is 0 Å². The number of rotatable bonds is 3. The van der Waals surface area contributed by atoms with Crippen molar-refractivity contribution >= 4 is 0 Å². The van der Waals surface area contributed by atoms with Crippen LogP contribution in [0.25, 0.3) is 0 Å². The molecule has 1 heterocycles. The minimum Gasteiger partial charge on any atom is -0.376 e. The van der Waals surface area contributed by atoms with Crippen LogP contribution in [0.4, 0.5) is 0 Å². The normalized spacial score (nSPS) is 30.1. The zero-order chi connectivity index (χ0) is 13.2. The van der Waals surface area contributed by atoms with E-state index in [9.17, 15) is 0 Å². The van der Waals surface area contributed by atoms with Gasteiger partial charge in [-0.2, -0.15) is 0 Å². The first-order valence-electron chi connectivity index (χ1n) is 6.80. The van der Waals surface area contributed by atoms with E-state index in [0.717, 1.165) is 18.4 Å². The van der Waals surface area contributed by atoms with Crippen molar-refractivity contribution in [3.63, 3.8) is 0 Å². The molecule has 0 bridgehead atoms. The molecule has 0 saturated heterocycles. The van der Waals surface area contributed by atoms with Crippen LogP contribution in [0.1, 0.15) is 49.8 Å². The van der Waals surface area contributed by atoms with E-state index in [4.69, 9.17) is 10.5 Å². The first-order chi connectivity index (χ1) is 8.59. The molecule has 3 nitrogen and oxygen atoms in total. The Labute approximate surface area is 110 Å². The van der Waals surface area contributed by atoms with E-state index in [2.05, 4.69) is 18.8 Å². The Bertz CT molecular complexity index is 407. The van der Waals surface area contributed by atoms with Gasteiger partial charge in [0.25, 0.3) is 0 Å². The fraction of sp³-hybridized carbons (Fsp3) is 0.667. The van der Waals surface area contributed by atoms with Crippen molar-refractivity contribution in [3.8, 4) is 0 Å². The summed E-state index contributed by atoms with van der Waals surface area (Å²) in [5, 5.41) is 0. The molecule has 2 rings (SSSR count). The number of hydrogen-bond acceptors (Lipinski definition) is 3. The second kappa shape index (κ2) is 5.37. The molecule has 3 atom stereocenters. The number of nitrogens with two attached hydrogens (primary N) is 1. The van der Waals surface area contributed by atoms with Crippen LogP contribution in [0.2, 0.25) is 0 Å². The van der Waals surface area contributed by atoms with Crippen LogP contribution in [0, 0.1) is 12.8 Å². The lowest BCUT2D eigenvalue weighted by atomic mass is 9.73. The number of methoxy groups -OCH3 is 1. The molecule has 1 aromatic rings. The van der Waals surface area contributed by atoms with Crippen molar-refractivity contribution in [3.05, 3.63) is 29.6 Å². The average molecular weight is 248 g/mol. The van der Waals surface area contributed by atoms with Gasteiger partial charge in [-0.3, -0.25) is 4.98 Å². The predicted molar refractivity (Wildman–Crippen MR) is 73.3 cm³/mol. The van der Waals surface area contributed by atoms with Gasteiger partial charge < -0.3 is 10.5 Å². The number of aryl methyl sites for hydroxylation is 1. The Morgan fingerprint density at radius 2 is 2.33 bits per heavy atom. The highest BCUT2D eigenvalue weighted by Crippen LogP contribution is 2.42. The molecule has 1 aromatic heterocycles. The molecule has 1 aliphatic carbocycles. The van der Waals surface area contributed by atoms with Crippen LogP contribution < -0.4 is 5.73 Å². The first kappa shape index (κ1) is 13.5. The summed E-state index contributed by atoms with van der Waals surface area (Å²) in [6.07, 6.45) is 8.27. The van der Waals surface area contributed by atoms with Crippen LogP contribution in [0.3, 0.4) is 0 Å². The Morgan fingerprint density at radius 1 is 1.56 bits per heavy atom. The van der Waals surface area contributed by atoms with E-state index in [1.807, 2.05) is 18.5 Å². The largest absolute Gasteiger partial charge is 0.376 e. The number of ether oxygens (including phenoxy) is 1. The SMILES string of the molecule is COC1(C(N)c2cnccc2C)CCCC(C)C1. The van der Waals surface area contributed by atoms with Crippen LogP contribution in [-0.2, 0) is 4.74 Å². The number of hydrogen-bond donors (Lipinski definition) is 1. The highest BCUT2D eigenvalue weighted by atomic mass is 16.5. The van der Waals surface area contributed by atoms with Gasteiger partial charge in [0, 0.05) is 19.5 Å². The summed E-state index contributed by atoms with van der Waals surface area (Å²) in [6, 6.07) is 1.93. The summed E-state index contributed by atoms with van der Waals surface area (Å²) >= 11 is 0. The van der Waals surface area contributed by atoms with Gasteiger partial charge in [0.05, 0.1) is 11.6 Å². The average Bonchev–Trinajstić information content (AvgIpc) is 2.38. The fourth-order valence-electron chi connectivity index (χ4n) is 3.22. The van der Waals surface area contributed by atoms with Crippen molar-refractivity contribution in [2.24, 2.45) is 11.7 Å². The van der Waals surface area contributed by atoms with Gasteiger partial charge in [-0.05, 0) is 42.9 Å². The van der Waals surface area contributed by atoms with Crippen molar-refractivity contribution in [1.82, 2.24) is 4.98 Å². The van der Waals surface area contributed by atoms with Crippen molar-refractivity contribution in [2.45, 2.75) is 51.2 Å². The Hall–Kier alpha value is -0.930. The van der Waals surface area contributed by atoms with Crippen molar-refractivity contribution < 1.29 is 4.74 Å². The molecule has 3 heteroatoms. The third-order valence-corrected chi connectivity index (χ3v) is 4.38. The second-order valence-electron chi connectivity index (χ2n) is 5.68. The van der Waals surface area contributed by atoms with E-state index >= 15 is 0 Å².